The summed E-state index contributed by atoms with van der Waals surface area (Å²) in [6, 6.07) is 8.02. The van der Waals surface area contributed by atoms with Crippen molar-refractivity contribution < 1.29 is 33.4 Å². The van der Waals surface area contributed by atoms with Gasteiger partial charge in [-0.15, -0.1) is 5.10 Å². The molecule has 2 atom stereocenters. The largest absolute Gasteiger partial charge is 0.481 e. The number of pyridine rings is 1. The molecule has 1 N–H and O–H groups in total. The van der Waals surface area contributed by atoms with Crippen LogP contribution in [0.2, 0.25) is 0 Å². The molecule has 2 aliphatic heterocycles. The minimum absolute atomic E-state index is 0.0758. The Morgan fingerprint density at radius 3 is 2.86 bits per heavy atom. The summed E-state index contributed by atoms with van der Waals surface area (Å²) in [5.41, 5.74) is 2.51. The lowest BCUT2D eigenvalue weighted by Gasteiger charge is -2.14. The molecule has 1 fully saturated rings. The van der Waals surface area contributed by atoms with E-state index in [1.165, 1.54) is 17.2 Å². The molecule has 0 spiro atoms. The second-order valence-corrected chi connectivity index (χ2v) is 8.53. The van der Waals surface area contributed by atoms with E-state index >= 15 is 4.39 Å². The lowest BCUT2D eigenvalue weighted by Crippen LogP contribution is -2.26. The van der Waals surface area contributed by atoms with Crippen LogP contribution in [0.4, 0.5) is 14.9 Å². The van der Waals surface area contributed by atoms with Crippen molar-refractivity contribution in [2.24, 2.45) is 5.16 Å². The zero-order chi connectivity index (χ0) is 25.8. The van der Waals surface area contributed by atoms with Crippen LogP contribution < -0.4 is 4.90 Å². The molecule has 192 valence electrons. The van der Waals surface area contributed by atoms with Crippen LogP contribution in [0.15, 0.2) is 54.1 Å². The Kier molecular flexibility index (Phi) is 7.03. The third kappa shape index (κ3) is 5.72. The summed E-state index contributed by atoms with van der Waals surface area (Å²) in [5.74, 6) is -1.43. The summed E-state index contributed by atoms with van der Waals surface area (Å²) in [7, 11) is 0. The van der Waals surface area contributed by atoms with E-state index in [1.807, 2.05) is 0 Å². The van der Waals surface area contributed by atoms with Crippen molar-refractivity contribution in [1.29, 1.82) is 0 Å². The molecule has 3 aromatic rings. The number of benzene rings is 1. The van der Waals surface area contributed by atoms with Gasteiger partial charge < -0.3 is 19.4 Å². The van der Waals surface area contributed by atoms with Crippen LogP contribution in [-0.2, 0) is 25.7 Å². The van der Waals surface area contributed by atoms with Crippen LogP contribution in [0.5, 0.6) is 0 Å². The maximum absolute atomic E-state index is 15.0. The van der Waals surface area contributed by atoms with Crippen LogP contribution in [0.1, 0.15) is 18.5 Å². The van der Waals surface area contributed by atoms with Gasteiger partial charge >= 0.3 is 12.1 Å². The number of oxime groups is 1. The quantitative estimate of drug-likeness (QED) is 0.407. The first kappa shape index (κ1) is 24.3. The monoisotopic (exact) mass is 510 g/mol. The predicted molar refractivity (Wildman–Crippen MR) is 126 cm³/mol. The van der Waals surface area contributed by atoms with Crippen molar-refractivity contribution in [2.45, 2.75) is 31.6 Å². The first-order valence-electron chi connectivity index (χ1n) is 11.6. The van der Waals surface area contributed by atoms with Gasteiger partial charge in [0.15, 0.2) is 6.10 Å². The number of carboxylic acids is 1. The second-order valence-electron chi connectivity index (χ2n) is 8.53. The van der Waals surface area contributed by atoms with Crippen LogP contribution in [0, 0.1) is 5.82 Å². The number of carbonyl (C=O) groups excluding carboxylic acids is 1. The Bertz CT molecular complexity index is 1300. The topological polar surface area (TPSA) is 141 Å². The highest BCUT2D eigenvalue weighted by Gasteiger charge is 2.33. The molecule has 4 heterocycles. The van der Waals surface area contributed by atoms with Crippen LogP contribution in [0.25, 0.3) is 11.1 Å². The fourth-order valence-electron chi connectivity index (χ4n) is 4.04. The molecular formula is C24H23FN6O6. The number of halogens is 1. The zero-order valence-corrected chi connectivity index (χ0v) is 19.6. The molecule has 1 aromatic carbocycles. The van der Waals surface area contributed by atoms with E-state index in [2.05, 4.69) is 20.5 Å². The van der Waals surface area contributed by atoms with Crippen molar-refractivity contribution in [3.63, 3.8) is 0 Å². The Hall–Kier alpha value is -4.39. The van der Waals surface area contributed by atoms with Crippen molar-refractivity contribution in [3.05, 3.63) is 60.4 Å². The molecule has 37 heavy (non-hydrogen) atoms. The van der Waals surface area contributed by atoms with Gasteiger partial charge in [0.2, 0.25) is 0 Å². The first-order chi connectivity index (χ1) is 18.0. The molecule has 2 aliphatic rings. The van der Waals surface area contributed by atoms with Gasteiger partial charge in [-0.25, -0.2) is 13.9 Å². The number of aliphatic carboxylic acids is 1. The highest BCUT2D eigenvalue weighted by molar-refractivity contribution is 5.99. The highest BCUT2D eigenvalue weighted by Crippen LogP contribution is 2.29. The number of rotatable bonds is 10. The summed E-state index contributed by atoms with van der Waals surface area (Å²) in [6.07, 6.45) is 3.86. The third-order valence-electron chi connectivity index (χ3n) is 5.87. The molecule has 1 amide bonds. The van der Waals surface area contributed by atoms with E-state index in [1.54, 1.807) is 41.3 Å². The summed E-state index contributed by atoms with van der Waals surface area (Å²) in [6.45, 7) is 0.950. The van der Waals surface area contributed by atoms with E-state index in [0.29, 0.717) is 41.2 Å². The fraction of sp³-hybridized carbons (Fsp3) is 0.333. The van der Waals surface area contributed by atoms with E-state index in [9.17, 15) is 9.59 Å². The molecule has 0 aliphatic carbocycles. The SMILES string of the molecule is O=C(O)CCOCC1CC(c2ccc(-c3ccc(N4C[C@H](Cn5ccnn5)OC4=O)cc3F)cn2)=NO1. The molecule has 0 bridgehead atoms. The number of carboxylic acid groups (broad SMARTS) is 1. The minimum Gasteiger partial charge on any atom is -0.481 e. The van der Waals surface area contributed by atoms with Crippen LogP contribution in [0.3, 0.4) is 0 Å². The summed E-state index contributed by atoms with van der Waals surface area (Å²) in [4.78, 5) is 34.0. The Balaban J connectivity index is 1.19. The van der Waals surface area contributed by atoms with Gasteiger partial charge in [-0.05, 0) is 24.3 Å². The number of cyclic esters (lactones) is 1. The minimum atomic E-state index is -0.925. The predicted octanol–water partition coefficient (Wildman–Crippen LogP) is 2.49. The van der Waals surface area contributed by atoms with Crippen molar-refractivity contribution in [2.75, 3.05) is 24.7 Å². The molecule has 1 saturated heterocycles. The summed E-state index contributed by atoms with van der Waals surface area (Å²) < 4.78 is 27.3. The lowest BCUT2D eigenvalue weighted by molar-refractivity contribution is -0.138. The average Bonchev–Trinajstić information content (AvgIpc) is 3.64. The summed E-state index contributed by atoms with van der Waals surface area (Å²) >= 11 is 0. The van der Waals surface area contributed by atoms with Crippen LogP contribution >= 0.6 is 0 Å². The maximum Gasteiger partial charge on any atom is 0.414 e. The standard InChI is InChI=1S/C24H23FN6O6/c25-20-9-16(31-13-18(36-24(31)34)12-30-7-6-27-29-30)2-3-19(20)15-1-4-21(26-11-15)22-10-17(37-28-22)14-35-8-5-23(32)33/h1-4,6-7,9,11,17-18H,5,8,10,12-14H2,(H,32,33)/t17?,18-/m0/s1. The van der Waals surface area contributed by atoms with Crippen LogP contribution in [-0.4, -0.2) is 74.8 Å². The number of carbonyl (C=O) groups is 2. The van der Waals surface area contributed by atoms with Gasteiger partial charge in [0.05, 0.1) is 50.3 Å². The van der Waals surface area contributed by atoms with Gasteiger partial charge in [-0.2, -0.15) is 0 Å². The van der Waals surface area contributed by atoms with E-state index in [-0.39, 0.29) is 32.3 Å². The third-order valence-corrected chi connectivity index (χ3v) is 5.87. The normalized spacial score (nSPS) is 19.0. The molecule has 0 radical (unpaired) electrons. The Morgan fingerprint density at radius 1 is 1.24 bits per heavy atom. The smallest absolute Gasteiger partial charge is 0.414 e. The molecule has 0 saturated carbocycles. The van der Waals surface area contributed by atoms with E-state index in [0.717, 1.165) is 0 Å². The van der Waals surface area contributed by atoms with Crippen molar-refractivity contribution in [3.8, 4) is 11.1 Å². The summed E-state index contributed by atoms with van der Waals surface area (Å²) in [5, 5.41) is 20.3. The van der Waals surface area contributed by atoms with Gasteiger partial charge in [-0.1, -0.05) is 16.4 Å². The van der Waals surface area contributed by atoms with Gasteiger partial charge in [0.25, 0.3) is 0 Å². The number of nitrogens with zero attached hydrogens (tertiary/aromatic N) is 6. The Labute approximate surface area is 210 Å². The number of hydrogen-bond acceptors (Lipinski definition) is 9. The number of hydrogen-bond donors (Lipinski definition) is 1. The van der Waals surface area contributed by atoms with Crippen molar-refractivity contribution in [1.82, 2.24) is 20.0 Å². The fourth-order valence-corrected chi connectivity index (χ4v) is 4.04. The first-order valence-corrected chi connectivity index (χ1v) is 11.6. The number of anilines is 1. The lowest BCUT2D eigenvalue weighted by atomic mass is 10.0. The molecule has 2 aromatic heterocycles. The molecule has 1 unspecified atom stereocenters. The average molecular weight is 510 g/mol. The van der Waals surface area contributed by atoms with E-state index < -0.39 is 24.0 Å². The highest BCUT2D eigenvalue weighted by atomic mass is 19.1. The molecule has 5 rings (SSSR count). The second kappa shape index (κ2) is 10.7. The van der Waals surface area contributed by atoms with Gasteiger partial charge in [0, 0.05) is 29.9 Å². The van der Waals surface area contributed by atoms with Gasteiger partial charge in [0.1, 0.15) is 17.6 Å². The maximum atomic E-state index is 15.0. The Morgan fingerprint density at radius 2 is 2.14 bits per heavy atom. The van der Waals surface area contributed by atoms with E-state index in [4.69, 9.17) is 19.4 Å². The van der Waals surface area contributed by atoms with Gasteiger partial charge in [-0.3, -0.25) is 14.7 Å². The molecular weight excluding hydrogens is 487 g/mol. The number of amides is 1. The molecule has 13 heteroatoms. The van der Waals surface area contributed by atoms with Crippen molar-refractivity contribution >= 4 is 23.5 Å². The zero-order valence-electron chi connectivity index (χ0n) is 19.6. The number of ether oxygens (including phenoxy) is 2. The number of aromatic nitrogens is 4. The molecule has 12 nitrogen and oxygen atoms in total.